The van der Waals surface area contributed by atoms with Gasteiger partial charge < -0.3 is 9.64 Å². The molecule has 3 aromatic carbocycles. The number of ether oxygens (including phenoxy) is 1. The van der Waals surface area contributed by atoms with Gasteiger partial charge in [0.25, 0.3) is 15.9 Å². The highest BCUT2D eigenvalue weighted by atomic mass is 32.2. The normalized spacial score (nSPS) is 14.6. The molecule has 33 heavy (non-hydrogen) atoms. The number of methoxy groups -OCH3 is 1. The summed E-state index contributed by atoms with van der Waals surface area (Å²) in [5, 5.41) is 0. The van der Waals surface area contributed by atoms with Crippen molar-refractivity contribution in [2.24, 2.45) is 5.92 Å². The highest BCUT2D eigenvalue weighted by Crippen LogP contribution is 2.25. The molecule has 6 nitrogen and oxygen atoms in total. The fraction of sp³-hybridized carbons (Fsp3) is 0.269. The Balaban J connectivity index is 1.36. The molecule has 1 heterocycles. The van der Waals surface area contributed by atoms with E-state index >= 15 is 0 Å². The maximum Gasteiger partial charge on any atom is 0.261 e. The van der Waals surface area contributed by atoms with Crippen molar-refractivity contribution in [2.45, 2.75) is 24.2 Å². The SMILES string of the molecule is COc1ccc(CC2CCN(C(=O)c3cccc(NS(=O)(=O)c4ccccc4)c3)CC2)cc1. The molecule has 3 aromatic rings. The molecule has 7 heteroatoms. The van der Waals surface area contributed by atoms with E-state index in [-0.39, 0.29) is 10.8 Å². The maximum absolute atomic E-state index is 13.1. The number of amides is 1. The predicted octanol–water partition coefficient (Wildman–Crippen LogP) is 4.59. The smallest absolute Gasteiger partial charge is 0.261 e. The summed E-state index contributed by atoms with van der Waals surface area (Å²) in [7, 11) is -2.04. The number of benzene rings is 3. The Morgan fingerprint density at radius 2 is 1.67 bits per heavy atom. The molecule has 0 bridgehead atoms. The molecule has 1 aliphatic heterocycles. The Bertz CT molecular complexity index is 1190. The summed E-state index contributed by atoms with van der Waals surface area (Å²) in [5.74, 6) is 1.32. The van der Waals surface area contributed by atoms with Crippen LogP contribution in [0.5, 0.6) is 5.75 Å². The van der Waals surface area contributed by atoms with Crippen LogP contribution in [0.4, 0.5) is 5.69 Å². The zero-order chi connectivity index (χ0) is 23.3. The maximum atomic E-state index is 13.1. The first kappa shape index (κ1) is 22.9. The van der Waals surface area contributed by atoms with Gasteiger partial charge in [0.2, 0.25) is 0 Å². The van der Waals surface area contributed by atoms with Crippen LogP contribution in [-0.2, 0) is 16.4 Å². The van der Waals surface area contributed by atoms with Crippen molar-refractivity contribution in [3.8, 4) is 5.75 Å². The van der Waals surface area contributed by atoms with Gasteiger partial charge in [-0.3, -0.25) is 9.52 Å². The molecule has 1 aliphatic rings. The van der Waals surface area contributed by atoms with E-state index in [1.54, 1.807) is 49.6 Å². The fourth-order valence-electron chi connectivity index (χ4n) is 4.15. The average Bonchev–Trinajstić information content (AvgIpc) is 2.85. The third-order valence-electron chi connectivity index (χ3n) is 6.00. The molecule has 0 aromatic heterocycles. The number of hydrogen-bond donors (Lipinski definition) is 1. The van der Waals surface area contributed by atoms with E-state index < -0.39 is 10.0 Å². The number of carbonyl (C=O) groups excluding carboxylic acids is 1. The van der Waals surface area contributed by atoms with Crippen molar-refractivity contribution in [1.29, 1.82) is 0 Å². The molecule has 0 atom stereocenters. The summed E-state index contributed by atoms with van der Waals surface area (Å²) in [6.07, 6.45) is 2.87. The van der Waals surface area contributed by atoms with Crippen LogP contribution in [-0.4, -0.2) is 39.4 Å². The third-order valence-corrected chi connectivity index (χ3v) is 7.40. The second-order valence-corrected chi connectivity index (χ2v) is 9.97. The average molecular weight is 465 g/mol. The summed E-state index contributed by atoms with van der Waals surface area (Å²) >= 11 is 0. The second kappa shape index (κ2) is 10.1. The highest BCUT2D eigenvalue weighted by Gasteiger charge is 2.24. The van der Waals surface area contributed by atoms with Crippen molar-refractivity contribution in [3.05, 3.63) is 90.0 Å². The van der Waals surface area contributed by atoms with E-state index in [0.29, 0.717) is 30.3 Å². The lowest BCUT2D eigenvalue weighted by Crippen LogP contribution is -2.38. The van der Waals surface area contributed by atoms with Gasteiger partial charge in [-0.2, -0.15) is 0 Å². The van der Waals surface area contributed by atoms with Gasteiger partial charge in [0.15, 0.2) is 0 Å². The summed E-state index contributed by atoms with van der Waals surface area (Å²) in [4.78, 5) is 15.1. The number of piperidine rings is 1. The predicted molar refractivity (Wildman–Crippen MR) is 129 cm³/mol. The molecule has 1 fully saturated rings. The lowest BCUT2D eigenvalue weighted by atomic mass is 9.90. The Kier molecular flexibility index (Phi) is 6.99. The minimum Gasteiger partial charge on any atom is -0.497 e. The number of nitrogens with zero attached hydrogens (tertiary/aromatic N) is 1. The number of rotatable bonds is 7. The van der Waals surface area contributed by atoms with Crippen LogP contribution < -0.4 is 9.46 Å². The topological polar surface area (TPSA) is 75.7 Å². The van der Waals surface area contributed by atoms with E-state index in [4.69, 9.17) is 4.74 Å². The number of carbonyl (C=O) groups is 1. The van der Waals surface area contributed by atoms with Crippen molar-refractivity contribution >= 4 is 21.6 Å². The number of anilines is 1. The molecule has 0 unspecified atom stereocenters. The molecule has 0 saturated carbocycles. The van der Waals surface area contributed by atoms with Gasteiger partial charge in [-0.25, -0.2) is 8.42 Å². The monoisotopic (exact) mass is 464 g/mol. The summed E-state index contributed by atoms with van der Waals surface area (Å²) in [6, 6.07) is 23.0. The first-order chi connectivity index (χ1) is 15.9. The first-order valence-electron chi connectivity index (χ1n) is 11.0. The van der Waals surface area contributed by atoms with Crippen LogP contribution in [0.25, 0.3) is 0 Å². The molecule has 0 radical (unpaired) electrons. The molecular weight excluding hydrogens is 436 g/mol. The Labute approximate surface area is 195 Å². The van der Waals surface area contributed by atoms with E-state index in [2.05, 4.69) is 16.9 Å². The van der Waals surface area contributed by atoms with E-state index in [1.165, 1.54) is 17.7 Å². The van der Waals surface area contributed by atoms with Crippen molar-refractivity contribution in [3.63, 3.8) is 0 Å². The van der Waals surface area contributed by atoms with E-state index in [9.17, 15) is 13.2 Å². The fourth-order valence-corrected chi connectivity index (χ4v) is 5.22. The highest BCUT2D eigenvalue weighted by molar-refractivity contribution is 7.92. The number of sulfonamides is 1. The van der Waals surface area contributed by atoms with E-state index in [0.717, 1.165) is 25.0 Å². The lowest BCUT2D eigenvalue weighted by Gasteiger charge is -2.32. The first-order valence-corrected chi connectivity index (χ1v) is 12.5. The molecule has 0 aliphatic carbocycles. The van der Waals surface area contributed by atoms with Gasteiger partial charge >= 0.3 is 0 Å². The largest absolute Gasteiger partial charge is 0.497 e. The molecule has 1 N–H and O–H groups in total. The minimum atomic E-state index is -3.70. The Morgan fingerprint density at radius 3 is 2.33 bits per heavy atom. The van der Waals surface area contributed by atoms with Crippen LogP contribution in [0.15, 0.2) is 83.8 Å². The van der Waals surface area contributed by atoms with E-state index in [1.807, 2.05) is 17.0 Å². The van der Waals surface area contributed by atoms with Crippen LogP contribution >= 0.6 is 0 Å². The third kappa shape index (κ3) is 5.73. The van der Waals surface area contributed by atoms with Crippen molar-refractivity contribution in [1.82, 2.24) is 4.90 Å². The van der Waals surface area contributed by atoms with Crippen LogP contribution in [0.1, 0.15) is 28.8 Å². The Morgan fingerprint density at radius 1 is 0.970 bits per heavy atom. The zero-order valence-corrected chi connectivity index (χ0v) is 19.4. The molecule has 172 valence electrons. The minimum absolute atomic E-state index is 0.0707. The molecule has 1 amide bonds. The van der Waals surface area contributed by atoms with Gasteiger partial charge in [-0.1, -0.05) is 36.4 Å². The molecule has 0 spiro atoms. The summed E-state index contributed by atoms with van der Waals surface area (Å²) in [6.45, 7) is 1.39. The van der Waals surface area contributed by atoms with Crippen LogP contribution in [0.3, 0.4) is 0 Å². The van der Waals surface area contributed by atoms with Crippen LogP contribution in [0, 0.1) is 5.92 Å². The molecular formula is C26H28N2O4S. The van der Waals surface area contributed by atoms with Gasteiger partial charge in [-0.05, 0) is 73.2 Å². The zero-order valence-electron chi connectivity index (χ0n) is 18.6. The number of likely N-dealkylation sites (tertiary alicyclic amines) is 1. The van der Waals surface area contributed by atoms with Gasteiger partial charge in [0, 0.05) is 24.3 Å². The standard InChI is InChI=1S/C26H28N2O4S/c1-32-24-12-10-20(11-13-24)18-21-14-16-28(17-15-21)26(29)22-6-5-7-23(19-22)27-33(30,31)25-8-3-2-4-9-25/h2-13,19,21,27H,14-18H2,1H3. The van der Waals surface area contributed by atoms with Gasteiger partial charge in [0.05, 0.1) is 12.0 Å². The second-order valence-electron chi connectivity index (χ2n) is 8.29. The van der Waals surface area contributed by atoms with Crippen LogP contribution in [0.2, 0.25) is 0 Å². The number of nitrogens with one attached hydrogen (secondary N) is 1. The molecule has 1 saturated heterocycles. The lowest BCUT2D eigenvalue weighted by molar-refractivity contribution is 0.0690. The quantitative estimate of drug-likeness (QED) is 0.555. The van der Waals surface area contributed by atoms with Gasteiger partial charge in [-0.15, -0.1) is 0 Å². The molecule has 4 rings (SSSR count). The summed E-state index contributed by atoms with van der Waals surface area (Å²) in [5.41, 5.74) is 2.13. The summed E-state index contributed by atoms with van der Waals surface area (Å²) < 4.78 is 33.0. The van der Waals surface area contributed by atoms with Gasteiger partial charge in [0.1, 0.15) is 5.75 Å². The van der Waals surface area contributed by atoms with Crippen molar-refractivity contribution in [2.75, 3.05) is 24.9 Å². The Hall–Kier alpha value is -3.32. The number of hydrogen-bond acceptors (Lipinski definition) is 4. The van der Waals surface area contributed by atoms with Crippen molar-refractivity contribution < 1.29 is 17.9 Å².